The van der Waals surface area contributed by atoms with Gasteiger partial charge in [0, 0.05) is 5.02 Å². The summed E-state index contributed by atoms with van der Waals surface area (Å²) in [5, 5.41) is 0.840. The van der Waals surface area contributed by atoms with Crippen LogP contribution in [0.15, 0.2) is 23.8 Å². The molecular weight excluding hydrogens is 192 g/mol. The van der Waals surface area contributed by atoms with Crippen LogP contribution in [-0.4, -0.2) is 0 Å². The van der Waals surface area contributed by atoms with Gasteiger partial charge in [0.2, 0.25) is 0 Å². The van der Waals surface area contributed by atoms with Gasteiger partial charge in [-0.05, 0) is 35.1 Å². The van der Waals surface area contributed by atoms with Crippen LogP contribution in [0.25, 0.3) is 6.08 Å². The minimum absolute atomic E-state index is 0.269. The van der Waals surface area contributed by atoms with Crippen LogP contribution >= 0.6 is 11.6 Å². The van der Waals surface area contributed by atoms with Crippen LogP contribution in [0, 0.1) is 5.41 Å². The Labute approximate surface area is 90.6 Å². The third-order valence-corrected chi connectivity index (χ3v) is 3.01. The van der Waals surface area contributed by atoms with Crippen molar-refractivity contribution in [3.8, 4) is 0 Å². The maximum absolute atomic E-state index is 5.96. The number of fused-ring (bicyclic) bond motifs is 1. The van der Waals surface area contributed by atoms with Crippen LogP contribution in [0.1, 0.15) is 31.9 Å². The first-order valence-corrected chi connectivity index (χ1v) is 5.34. The van der Waals surface area contributed by atoms with E-state index in [-0.39, 0.29) is 5.41 Å². The Morgan fingerprint density at radius 2 is 1.93 bits per heavy atom. The summed E-state index contributed by atoms with van der Waals surface area (Å²) < 4.78 is 0. The summed E-state index contributed by atoms with van der Waals surface area (Å²) >= 11 is 5.96. The molecule has 0 atom stereocenters. The van der Waals surface area contributed by atoms with Crippen LogP contribution in [-0.2, 0) is 6.42 Å². The Hall–Kier alpha value is -0.750. The molecule has 0 bridgehead atoms. The van der Waals surface area contributed by atoms with Gasteiger partial charge in [-0.2, -0.15) is 0 Å². The largest absolute Gasteiger partial charge is 0.0843 e. The van der Waals surface area contributed by atoms with Crippen LogP contribution in [0.2, 0.25) is 5.02 Å². The van der Waals surface area contributed by atoms with Crippen molar-refractivity contribution >= 4 is 17.7 Å². The average Bonchev–Trinajstić information content (AvgIpc) is 2.45. The van der Waals surface area contributed by atoms with Crippen LogP contribution in [0.3, 0.4) is 0 Å². The molecule has 14 heavy (non-hydrogen) atoms. The standard InChI is InChI=1S/C13H15Cl/c1-13(2,3)11-6-9-4-5-12(14)8-10(9)7-11/h4-6,8H,7H2,1-3H3. The lowest BCUT2D eigenvalue weighted by atomic mass is 9.85. The number of benzene rings is 1. The lowest BCUT2D eigenvalue weighted by molar-refractivity contribution is 0.498. The zero-order valence-electron chi connectivity index (χ0n) is 8.89. The average molecular weight is 207 g/mol. The molecule has 0 spiro atoms. The van der Waals surface area contributed by atoms with E-state index >= 15 is 0 Å². The van der Waals surface area contributed by atoms with E-state index in [1.54, 1.807) is 0 Å². The molecule has 1 aromatic carbocycles. The molecule has 0 saturated heterocycles. The minimum atomic E-state index is 0.269. The Morgan fingerprint density at radius 3 is 2.57 bits per heavy atom. The smallest absolute Gasteiger partial charge is 0.0409 e. The Kier molecular flexibility index (Phi) is 2.19. The van der Waals surface area contributed by atoms with Crippen molar-refractivity contribution in [2.24, 2.45) is 5.41 Å². The maximum atomic E-state index is 5.96. The summed E-state index contributed by atoms with van der Waals surface area (Å²) in [6.45, 7) is 6.77. The van der Waals surface area contributed by atoms with E-state index in [1.807, 2.05) is 6.07 Å². The van der Waals surface area contributed by atoms with E-state index in [2.05, 4.69) is 39.0 Å². The Balaban J connectivity index is 2.37. The summed E-state index contributed by atoms with van der Waals surface area (Å²) in [7, 11) is 0. The van der Waals surface area contributed by atoms with Crippen LogP contribution in [0.4, 0.5) is 0 Å². The summed E-state index contributed by atoms with van der Waals surface area (Å²) in [4.78, 5) is 0. The molecule has 0 aliphatic heterocycles. The van der Waals surface area contributed by atoms with Crippen molar-refractivity contribution in [2.45, 2.75) is 27.2 Å². The summed E-state index contributed by atoms with van der Waals surface area (Å²) in [5.41, 5.74) is 4.46. The number of halogens is 1. The molecule has 0 saturated carbocycles. The molecule has 0 heterocycles. The van der Waals surface area contributed by atoms with Gasteiger partial charge in [0.05, 0.1) is 0 Å². The topological polar surface area (TPSA) is 0 Å². The first-order valence-electron chi connectivity index (χ1n) is 4.96. The fraction of sp³-hybridized carbons (Fsp3) is 0.385. The van der Waals surface area contributed by atoms with E-state index in [0.29, 0.717) is 0 Å². The van der Waals surface area contributed by atoms with Gasteiger partial charge in [-0.15, -0.1) is 0 Å². The third kappa shape index (κ3) is 1.72. The molecule has 1 heteroatoms. The monoisotopic (exact) mass is 206 g/mol. The molecule has 0 nitrogen and oxygen atoms in total. The van der Waals surface area contributed by atoms with Gasteiger partial charge in [-0.3, -0.25) is 0 Å². The molecule has 0 N–H and O–H groups in total. The summed E-state index contributed by atoms with van der Waals surface area (Å²) in [5.74, 6) is 0. The normalized spacial score (nSPS) is 15.3. The highest BCUT2D eigenvalue weighted by molar-refractivity contribution is 6.30. The molecule has 1 aliphatic rings. The molecule has 0 unspecified atom stereocenters. The highest BCUT2D eigenvalue weighted by Crippen LogP contribution is 2.36. The van der Waals surface area contributed by atoms with Crippen LogP contribution < -0.4 is 0 Å². The quantitative estimate of drug-likeness (QED) is 0.593. The highest BCUT2D eigenvalue weighted by atomic mass is 35.5. The zero-order chi connectivity index (χ0) is 10.3. The van der Waals surface area contributed by atoms with Crippen LogP contribution in [0.5, 0.6) is 0 Å². The lowest BCUT2D eigenvalue weighted by Gasteiger charge is -2.19. The molecule has 74 valence electrons. The lowest BCUT2D eigenvalue weighted by Crippen LogP contribution is -2.08. The van der Waals surface area contributed by atoms with Crippen molar-refractivity contribution in [2.75, 3.05) is 0 Å². The number of hydrogen-bond donors (Lipinski definition) is 0. The predicted molar refractivity (Wildman–Crippen MR) is 62.6 cm³/mol. The van der Waals surface area contributed by atoms with Crippen molar-refractivity contribution in [3.05, 3.63) is 39.9 Å². The molecule has 1 aliphatic carbocycles. The van der Waals surface area contributed by atoms with E-state index in [0.717, 1.165) is 11.4 Å². The fourth-order valence-corrected chi connectivity index (χ4v) is 1.99. The second-order valence-electron chi connectivity index (χ2n) is 4.94. The van der Waals surface area contributed by atoms with Crippen molar-refractivity contribution in [1.82, 2.24) is 0 Å². The molecular formula is C13H15Cl. The van der Waals surface area contributed by atoms with E-state index in [9.17, 15) is 0 Å². The highest BCUT2D eigenvalue weighted by Gasteiger charge is 2.22. The SMILES string of the molecule is CC(C)(C)C1=Cc2ccc(Cl)cc2C1. The van der Waals surface area contributed by atoms with Crippen molar-refractivity contribution in [3.63, 3.8) is 0 Å². The van der Waals surface area contributed by atoms with E-state index < -0.39 is 0 Å². The van der Waals surface area contributed by atoms with Gasteiger partial charge in [-0.25, -0.2) is 0 Å². The summed E-state index contributed by atoms with van der Waals surface area (Å²) in [6.07, 6.45) is 3.35. The van der Waals surface area contributed by atoms with Gasteiger partial charge < -0.3 is 0 Å². The minimum Gasteiger partial charge on any atom is -0.0843 e. The Bertz CT molecular complexity index is 394. The molecule has 0 amide bonds. The molecule has 0 fully saturated rings. The van der Waals surface area contributed by atoms with Crippen molar-refractivity contribution in [1.29, 1.82) is 0 Å². The predicted octanol–water partition coefficient (Wildman–Crippen LogP) is 4.33. The van der Waals surface area contributed by atoms with E-state index in [1.165, 1.54) is 16.7 Å². The first-order chi connectivity index (χ1) is 6.47. The number of hydrogen-bond acceptors (Lipinski definition) is 0. The summed E-state index contributed by atoms with van der Waals surface area (Å²) in [6, 6.07) is 6.14. The third-order valence-electron chi connectivity index (χ3n) is 2.78. The molecule has 1 aromatic rings. The van der Waals surface area contributed by atoms with E-state index in [4.69, 9.17) is 11.6 Å². The fourth-order valence-electron chi connectivity index (χ4n) is 1.79. The van der Waals surface area contributed by atoms with Gasteiger partial charge in [0.1, 0.15) is 0 Å². The number of rotatable bonds is 0. The molecule has 0 radical (unpaired) electrons. The second-order valence-corrected chi connectivity index (χ2v) is 5.38. The second kappa shape index (κ2) is 3.13. The molecule has 0 aromatic heterocycles. The number of allylic oxidation sites excluding steroid dienone is 1. The van der Waals surface area contributed by atoms with Gasteiger partial charge in [-0.1, -0.05) is 50.1 Å². The first kappa shape index (κ1) is 9.79. The molecule has 2 rings (SSSR count). The Morgan fingerprint density at radius 1 is 1.21 bits per heavy atom. The van der Waals surface area contributed by atoms with Gasteiger partial charge in [0.15, 0.2) is 0 Å². The van der Waals surface area contributed by atoms with Gasteiger partial charge >= 0.3 is 0 Å². The van der Waals surface area contributed by atoms with Gasteiger partial charge in [0.25, 0.3) is 0 Å². The maximum Gasteiger partial charge on any atom is 0.0409 e. The zero-order valence-corrected chi connectivity index (χ0v) is 9.65. The van der Waals surface area contributed by atoms with Crippen molar-refractivity contribution < 1.29 is 0 Å².